The lowest BCUT2D eigenvalue weighted by Crippen LogP contribution is -2.49. The Kier molecular flexibility index (Phi) is 4.17. The monoisotopic (exact) mass is 328 g/mol. The number of fused-ring (bicyclic) bond motifs is 1. The summed E-state index contributed by atoms with van der Waals surface area (Å²) in [5.41, 5.74) is 6.13. The molecule has 0 bridgehead atoms. The number of rotatable bonds is 2. The first-order chi connectivity index (χ1) is 10.0. The highest BCUT2D eigenvalue weighted by molar-refractivity contribution is 7.89. The summed E-state index contributed by atoms with van der Waals surface area (Å²) in [6.45, 7) is 0.578. The molecule has 2 unspecified atom stereocenters. The van der Waals surface area contributed by atoms with Gasteiger partial charge in [-0.3, -0.25) is 0 Å². The number of nitrogen functional groups attached to an aromatic ring is 1. The van der Waals surface area contributed by atoms with E-state index in [4.69, 9.17) is 17.3 Å². The number of halogens is 1. The van der Waals surface area contributed by atoms with Crippen molar-refractivity contribution in [2.45, 2.75) is 49.5 Å². The second-order valence-electron chi connectivity index (χ2n) is 6.03. The maximum Gasteiger partial charge on any atom is 0.246 e. The van der Waals surface area contributed by atoms with Crippen LogP contribution in [-0.4, -0.2) is 25.3 Å². The molecule has 1 saturated heterocycles. The molecule has 3 rings (SSSR count). The minimum Gasteiger partial charge on any atom is -0.398 e. The Balaban J connectivity index is 2.01. The highest BCUT2D eigenvalue weighted by atomic mass is 35.5. The molecule has 2 N–H and O–H groups in total. The summed E-state index contributed by atoms with van der Waals surface area (Å²) < 4.78 is 27.8. The fourth-order valence-electron chi connectivity index (χ4n) is 3.79. The number of hydrogen-bond acceptors (Lipinski definition) is 3. The van der Waals surface area contributed by atoms with Crippen LogP contribution >= 0.6 is 11.6 Å². The van der Waals surface area contributed by atoms with Crippen molar-refractivity contribution >= 4 is 27.3 Å². The van der Waals surface area contributed by atoms with Crippen LogP contribution in [0.4, 0.5) is 5.69 Å². The SMILES string of the molecule is Nc1cccc(Cl)c1S(=O)(=O)N1CCCC2CCCCC21. The third kappa shape index (κ3) is 2.67. The summed E-state index contributed by atoms with van der Waals surface area (Å²) in [5.74, 6) is 0.492. The Bertz CT molecular complexity index is 610. The lowest BCUT2D eigenvalue weighted by atomic mass is 9.79. The van der Waals surface area contributed by atoms with Gasteiger partial charge in [0.15, 0.2) is 0 Å². The number of sulfonamides is 1. The van der Waals surface area contributed by atoms with E-state index in [9.17, 15) is 8.42 Å². The average molecular weight is 329 g/mol. The lowest BCUT2D eigenvalue weighted by Gasteiger charge is -2.43. The molecule has 6 heteroatoms. The maximum atomic E-state index is 13.0. The molecule has 0 amide bonds. The number of nitrogens with zero attached hydrogens (tertiary/aromatic N) is 1. The summed E-state index contributed by atoms with van der Waals surface area (Å²) >= 11 is 6.12. The summed E-state index contributed by atoms with van der Waals surface area (Å²) in [6.07, 6.45) is 6.46. The Morgan fingerprint density at radius 1 is 1.14 bits per heavy atom. The highest BCUT2D eigenvalue weighted by Crippen LogP contribution is 2.40. The predicted molar refractivity (Wildman–Crippen MR) is 84.7 cm³/mol. The summed E-state index contributed by atoms with van der Waals surface area (Å²) in [6, 6.07) is 4.98. The first-order valence-corrected chi connectivity index (χ1v) is 9.39. The molecule has 1 saturated carbocycles. The van der Waals surface area contributed by atoms with Gasteiger partial charge < -0.3 is 5.73 Å². The zero-order valence-corrected chi connectivity index (χ0v) is 13.5. The van der Waals surface area contributed by atoms with Crippen molar-refractivity contribution < 1.29 is 8.42 Å². The number of hydrogen-bond donors (Lipinski definition) is 1. The normalized spacial score (nSPS) is 27.3. The molecule has 1 aliphatic heterocycles. The van der Waals surface area contributed by atoms with Gasteiger partial charge >= 0.3 is 0 Å². The van der Waals surface area contributed by atoms with Gasteiger partial charge in [-0.1, -0.05) is 30.5 Å². The van der Waals surface area contributed by atoms with E-state index in [0.717, 1.165) is 32.1 Å². The van der Waals surface area contributed by atoms with E-state index in [2.05, 4.69) is 0 Å². The standard InChI is InChI=1S/C15H21ClN2O2S/c16-12-7-3-8-13(17)15(12)21(19,20)18-10-4-6-11-5-1-2-9-14(11)18/h3,7-8,11,14H,1-2,4-6,9-10,17H2. The third-order valence-corrected chi connectivity index (χ3v) is 7.23. The zero-order chi connectivity index (χ0) is 15.0. The first kappa shape index (κ1) is 15.1. The van der Waals surface area contributed by atoms with Gasteiger partial charge in [0, 0.05) is 12.6 Å². The largest absolute Gasteiger partial charge is 0.398 e. The van der Waals surface area contributed by atoms with Gasteiger partial charge in [0.25, 0.3) is 0 Å². The van der Waals surface area contributed by atoms with E-state index in [1.807, 2.05) is 0 Å². The van der Waals surface area contributed by atoms with Crippen LogP contribution in [0.1, 0.15) is 38.5 Å². The number of piperidine rings is 1. The molecule has 1 aliphatic carbocycles. The second kappa shape index (κ2) is 5.78. The molecule has 116 valence electrons. The van der Waals surface area contributed by atoms with Crippen LogP contribution in [-0.2, 0) is 10.0 Å². The zero-order valence-electron chi connectivity index (χ0n) is 12.0. The van der Waals surface area contributed by atoms with Crippen LogP contribution in [0.25, 0.3) is 0 Å². The van der Waals surface area contributed by atoms with Gasteiger partial charge in [-0.2, -0.15) is 4.31 Å². The van der Waals surface area contributed by atoms with Crippen LogP contribution in [0.2, 0.25) is 5.02 Å². The van der Waals surface area contributed by atoms with Crippen molar-refractivity contribution in [2.75, 3.05) is 12.3 Å². The minimum absolute atomic E-state index is 0.0814. The first-order valence-electron chi connectivity index (χ1n) is 7.57. The molecule has 4 nitrogen and oxygen atoms in total. The molecule has 1 heterocycles. The lowest BCUT2D eigenvalue weighted by molar-refractivity contribution is 0.129. The van der Waals surface area contributed by atoms with Gasteiger partial charge in [-0.25, -0.2) is 8.42 Å². The van der Waals surface area contributed by atoms with Crippen molar-refractivity contribution in [3.05, 3.63) is 23.2 Å². The summed E-state index contributed by atoms with van der Waals surface area (Å²) in [4.78, 5) is 0.0814. The molecule has 1 aromatic carbocycles. The highest BCUT2D eigenvalue weighted by Gasteiger charge is 2.41. The van der Waals surface area contributed by atoms with E-state index in [-0.39, 0.29) is 21.6 Å². The molecular formula is C15H21ClN2O2S. The van der Waals surface area contributed by atoms with E-state index < -0.39 is 10.0 Å². The van der Waals surface area contributed by atoms with Crippen molar-refractivity contribution in [1.29, 1.82) is 0 Å². The molecule has 21 heavy (non-hydrogen) atoms. The number of benzene rings is 1. The fraction of sp³-hybridized carbons (Fsp3) is 0.600. The Hall–Kier alpha value is -0.780. The number of anilines is 1. The van der Waals surface area contributed by atoms with Gasteiger partial charge in [0.1, 0.15) is 4.90 Å². The maximum absolute atomic E-state index is 13.0. The fourth-order valence-corrected chi connectivity index (χ4v) is 6.19. The Morgan fingerprint density at radius 2 is 1.86 bits per heavy atom. The summed E-state index contributed by atoms with van der Waals surface area (Å²) in [5, 5.41) is 0.216. The smallest absolute Gasteiger partial charge is 0.246 e. The number of nitrogens with two attached hydrogens (primary N) is 1. The molecule has 1 aromatic rings. The van der Waals surface area contributed by atoms with Crippen LogP contribution in [0.3, 0.4) is 0 Å². The topological polar surface area (TPSA) is 63.4 Å². The molecule has 0 radical (unpaired) electrons. The average Bonchev–Trinajstić information content (AvgIpc) is 2.46. The molecule has 2 fully saturated rings. The van der Waals surface area contributed by atoms with Gasteiger partial charge in [-0.05, 0) is 43.7 Å². The Labute approximate surface area is 131 Å². The van der Waals surface area contributed by atoms with E-state index >= 15 is 0 Å². The van der Waals surface area contributed by atoms with Gasteiger partial charge in [0.2, 0.25) is 10.0 Å². The predicted octanol–water partition coefficient (Wildman–Crippen LogP) is 3.27. The molecule has 2 atom stereocenters. The van der Waals surface area contributed by atoms with Crippen LogP contribution < -0.4 is 5.73 Å². The van der Waals surface area contributed by atoms with E-state index in [1.54, 1.807) is 22.5 Å². The van der Waals surface area contributed by atoms with Crippen molar-refractivity contribution in [3.63, 3.8) is 0 Å². The van der Waals surface area contributed by atoms with Crippen LogP contribution in [0, 0.1) is 5.92 Å². The summed E-state index contributed by atoms with van der Waals surface area (Å²) in [7, 11) is -3.62. The molecule has 0 spiro atoms. The van der Waals surface area contributed by atoms with E-state index in [0.29, 0.717) is 12.5 Å². The van der Waals surface area contributed by atoms with Crippen molar-refractivity contribution in [2.24, 2.45) is 5.92 Å². The third-order valence-electron chi connectivity index (χ3n) is 4.76. The molecule has 2 aliphatic rings. The second-order valence-corrected chi connectivity index (χ2v) is 8.26. The van der Waals surface area contributed by atoms with Gasteiger partial charge in [-0.15, -0.1) is 0 Å². The Morgan fingerprint density at radius 3 is 2.62 bits per heavy atom. The van der Waals surface area contributed by atoms with E-state index in [1.165, 1.54) is 6.42 Å². The van der Waals surface area contributed by atoms with Crippen LogP contribution in [0.15, 0.2) is 23.1 Å². The van der Waals surface area contributed by atoms with Crippen molar-refractivity contribution in [1.82, 2.24) is 4.31 Å². The molecular weight excluding hydrogens is 308 g/mol. The van der Waals surface area contributed by atoms with Crippen LogP contribution in [0.5, 0.6) is 0 Å². The minimum atomic E-state index is -3.62. The van der Waals surface area contributed by atoms with Gasteiger partial charge in [0.05, 0.1) is 10.7 Å². The molecule has 0 aromatic heterocycles. The quantitative estimate of drug-likeness (QED) is 0.847. The van der Waals surface area contributed by atoms with Crippen molar-refractivity contribution in [3.8, 4) is 0 Å².